The number of likely N-dealkylation sites (tertiary alicyclic amines) is 1. The van der Waals surface area contributed by atoms with Crippen LogP contribution in [0.4, 0.5) is 26.3 Å². The summed E-state index contributed by atoms with van der Waals surface area (Å²) in [6.07, 6.45) is -9.88. The lowest BCUT2D eigenvalue weighted by atomic mass is 9.79. The van der Waals surface area contributed by atoms with Gasteiger partial charge >= 0.3 is 18.3 Å². The van der Waals surface area contributed by atoms with Gasteiger partial charge in [0, 0.05) is 49.3 Å². The summed E-state index contributed by atoms with van der Waals surface area (Å²) in [4.78, 5) is 45.9. The van der Waals surface area contributed by atoms with Crippen LogP contribution in [0.5, 0.6) is 5.75 Å². The third-order valence-electron chi connectivity index (χ3n) is 8.37. The Morgan fingerprint density at radius 3 is 2.48 bits per heavy atom. The van der Waals surface area contributed by atoms with Crippen molar-refractivity contribution in [1.82, 2.24) is 14.8 Å². The van der Waals surface area contributed by atoms with E-state index < -0.39 is 76.1 Å². The minimum absolute atomic E-state index is 0.0228. The quantitative estimate of drug-likeness (QED) is 0.265. The molecule has 1 saturated heterocycles. The van der Waals surface area contributed by atoms with E-state index in [0.29, 0.717) is 22.7 Å². The zero-order valence-electron chi connectivity index (χ0n) is 25.1. The van der Waals surface area contributed by atoms with E-state index in [-0.39, 0.29) is 50.3 Å². The molecule has 2 aromatic heterocycles. The maximum absolute atomic E-state index is 14.9. The molecule has 0 bridgehead atoms. The van der Waals surface area contributed by atoms with Gasteiger partial charge in [0.15, 0.2) is 0 Å². The average Bonchev–Trinajstić information content (AvgIpc) is 3.50. The molecule has 2 amide bonds. The Morgan fingerprint density at radius 1 is 1.08 bits per heavy atom. The molecule has 2 aliphatic heterocycles. The minimum Gasteiger partial charge on any atom is -0.481 e. The second kappa shape index (κ2) is 13.6. The van der Waals surface area contributed by atoms with E-state index in [1.807, 2.05) is 0 Å². The minimum atomic E-state index is -5.01. The van der Waals surface area contributed by atoms with Crippen LogP contribution in [-0.4, -0.2) is 76.1 Å². The Balaban J connectivity index is 1.66. The lowest BCUT2D eigenvalue weighted by molar-refractivity contribution is -0.165. The molecular weight excluding hydrogens is 692 g/mol. The highest BCUT2D eigenvalue weighted by Gasteiger charge is 2.58. The van der Waals surface area contributed by atoms with Crippen LogP contribution in [-0.2, 0) is 33.1 Å². The van der Waals surface area contributed by atoms with Gasteiger partial charge < -0.3 is 24.4 Å². The van der Waals surface area contributed by atoms with E-state index in [1.165, 1.54) is 12.0 Å². The number of carbonyl (C=O) groups is 3. The molecule has 0 saturated carbocycles. The van der Waals surface area contributed by atoms with Crippen molar-refractivity contribution >= 4 is 40.7 Å². The number of carbonyl (C=O) groups excluding carboxylic acids is 2. The van der Waals surface area contributed by atoms with Crippen LogP contribution < -0.4 is 4.74 Å². The van der Waals surface area contributed by atoms with Crippen molar-refractivity contribution < 1.29 is 55.3 Å². The highest BCUT2D eigenvalue weighted by Crippen LogP contribution is 2.44. The number of nitrogens with zero attached hydrogens (tertiary/aromatic N) is 3. The highest BCUT2D eigenvalue weighted by molar-refractivity contribution is 7.10. The maximum atomic E-state index is 14.9. The van der Waals surface area contributed by atoms with Gasteiger partial charge in [-0.3, -0.25) is 19.4 Å². The van der Waals surface area contributed by atoms with Gasteiger partial charge in [0.05, 0.1) is 30.7 Å². The summed E-state index contributed by atoms with van der Waals surface area (Å²) in [5.41, 5.74) is -3.31. The number of aliphatic carboxylic acids is 1. The summed E-state index contributed by atoms with van der Waals surface area (Å²) in [5.74, 6) is -4.15. The van der Waals surface area contributed by atoms with E-state index in [4.69, 9.17) is 21.1 Å². The number of halogens is 7. The van der Waals surface area contributed by atoms with E-state index >= 15 is 0 Å². The molecule has 0 spiro atoms. The van der Waals surface area contributed by atoms with Crippen LogP contribution in [0.15, 0.2) is 48.0 Å². The number of carboxylic acids is 1. The number of aromatic nitrogens is 1. The molecule has 17 heteroatoms. The molecular formula is C31H28ClF6N3O6S. The third-order valence-corrected chi connectivity index (χ3v) is 9.56. The highest BCUT2D eigenvalue weighted by atomic mass is 35.5. The number of fused-ring (bicyclic) bond motifs is 1. The molecule has 258 valence electrons. The molecule has 48 heavy (non-hydrogen) atoms. The molecule has 1 unspecified atom stereocenters. The monoisotopic (exact) mass is 719 g/mol. The molecule has 1 aromatic carbocycles. The molecule has 0 radical (unpaired) electrons. The van der Waals surface area contributed by atoms with Crippen LogP contribution in [0.25, 0.3) is 0 Å². The topological polar surface area (TPSA) is 109 Å². The van der Waals surface area contributed by atoms with Crippen molar-refractivity contribution in [3.8, 4) is 5.75 Å². The number of hydrogen-bond donors (Lipinski definition) is 1. The van der Waals surface area contributed by atoms with Gasteiger partial charge in [-0.2, -0.15) is 26.3 Å². The number of benzene rings is 1. The average molecular weight is 720 g/mol. The summed E-state index contributed by atoms with van der Waals surface area (Å²) in [6, 6.07) is 4.73. The Bertz CT molecular complexity index is 1700. The van der Waals surface area contributed by atoms with Gasteiger partial charge in [-0.25, -0.2) is 0 Å². The van der Waals surface area contributed by atoms with Crippen LogP contribution in [0.1, 0.15) is 57.4 Å². The smallest absolute Gasteiger partial charge is 0.425 e. The number of rotatable bonds is 8. The van der Waals surface area contributed by atoms with Crippen LogP contribution >= 0.6 is 22.9 Å². The number of methoxy groups -OCH3 is 1. The molecule has 3 aromatic rings. The molecule has 9 nitrogen and oxygen atoms in total. The largest absolute Gasteiger partial charge is 0.481 e. The van der Waals surface area contributed by atoms with E-state index in [9.17, 15) is 45.8 Å². The lowest BCUT2D eigenvalue weighted by Crippen LogP contribution is -2.69. The van der Waals surface area contributed by atoms with Gasteiger partial charge in [-0.15, -0.1) is 11.3 Å². The number of thiophene rings is 1. The number of carboxylic acid groups (broad SMARTS) is 1. The van der Waals surface area contributed by atoms with Crippen molar-refractivity contribution in [2.24, 2.45) is 0 Å². The molecule has 1 N–H and O–H groups in total. The summed E-state index contributed by atoms with van der Waals surface area (Å²) in [5, 5.41) is 11.5. The molecule has 3 atom stereocenters. The Kier molecular flexibility index (Phi) is 10.00. The standard InChI is InChI=1S/C31H28ClF6N3O6S/c1-46-15-22-20-6-5-18(32)12-17(20)7-11-40(22)28(45)29(47-19-13-24(48-16-19)31(36,37)38)8-3-10-41(23(29)14-25(42)43)27(44)26-21(30(33,34)35)4-2-9-39-26/h2,4-6,9,12-13,16,22-23H,3,7-8,10-11,14-15H2,1H3,(H,42,43)/t22?,23-,29+/m1/s1. The van der Waals surface area contributed by atoms with Crippen LogP contribution in [0.2, 0.25) is 5.02 Å². The fourth-order valence-corrected chi connectivity index (χ4v) is 7.23. The van der Waals surface area contributed by atoms with Gasteiger partial charge in [0.25, 0.3) is 11.8 Å². The third kappa shape index (κ3) is 6.96. The van der Waals surface area contributed by atoms with Crippen molar-refractivity contribution in [3.63, 3.8) is 0 Å². The molecule has 1 fully saturated rings. The lowest BCUT2D eigenvalue weighted by Gasteiger charge is -2.51. The normalized spacial score (nSPS) is 21.5. The molecule has 5 rings (SSSR count). The Labute approximate surface area is 279 Å². The summed E-state index contributed by atoms with van der Waals surface area (Å²) in [7, 11) is 1.39. The molecule has 2 aliphatic rings. The number of pyridine rings is 1. The van der Waals surface area contributed by atoms with Gasteiger partial charge in [0.1, 0.15) is 16.3 Å². The first-order chi connectivity index (χ1) is 22.6. The first-order valence-electron chi connectivity index (χ1n) is 14.5. The Hall–Kier alpha value is -3.89. The number of piperidine rings is 1. The predicted octanol–water partition coefficient (Wildman–Crippen LogP) is 6.50. The fraction of sp³-hybridized carbons (Fsp3) is 0.419. The summed E-state index contributed by atoms with van der Waals surface area (Å²) < 4.78 is 94.2. The predicted molar refractivity (Wildman–Crippen MR) is 160 cm³/mol. The fourth-order valence-electron chi connectivity index (χ4n) is 6.36. The Morgan fingerprint density at radius 2 is 1.83 bits per heavy atom. The van der Waals surface area contributed by atoms with Crippen molar-refractivity contribution in [2.75, 3.05) is 26.8 Å². The summed E-state index contributed by atoms with van der Waals surface area (Å²) in [6.45, 7) is -0.319. The van der Waals surface area contributed by atoms with E-state index in [2.05, 4.69) is 4.98 Å². The second-order valence-corrected chi connectivity index (χ2v) is 12.7. The number of ether oxygens (including phenoxy) is 2. The van der Waals surface area contributed by atoms with Crippen molar-refractivity contribution in [2.45, 2.75) is 55.7 Å². The zero-order valence-corrected chi connectivity index (χ0v) is 26.7. The van der Waals surface area contributed by atoms with Crippen LogP contribution in [0.3, 0.4) is 0 Å². The first kappa shape index (κ1) is 35.4. The van der Waals surface area contributed by atoms with Crippen molar-refractivity contribution in [3.05, 3.63) is 80.3 Å². The first-order valence-corrected chi connectivity index (χ1v) is 15.8. The number of alkyl halides is 6. The number of amides is 2. The molecule has 0 aliphatic carbocycles. The maximum Gasteiger partial charge on any atom is 0.425 e. The van der Waals surface area contributed by atoms with E-state index in [1.54, 1.807) is 18.2 Å². The SMILES string of the molecule is COCC1c2ccc(Cl)cc2CCN1C(=O)[C@]1(Oc2csc(C(F)(F)F)c2)CCCN(C(=O)c2ncccc2C(F)(F)F)[C@@H]1CC(=O)O. The van der Waals surface area contributed by atoms with Gasteiger partial charge in [-0.1, -0.05) is 17.7 Å². The second-order valence-electron chi connectivity index (χ2n) is 11.3. The van der Waals surface area contributed by atoms with Gasteiger partial charge in [-0.05, 0) is 48.2 Å². The zero-order chi connectivity index (χ0) is 35.0. The summed E-state index contributed by atoms with van der Waals surface area (Å²) >= 11 is 6.47. The molecule has 4 heterocycles. The van der Waals surface area contributed by atoms with Crippen molar-refractivity contribution in [1.29, 1.82) is 0 Å². The van der Waals surface area contributed by atoms with Crippen LogP contribution in [0, 0.1) is 0 Å². The number of hydrogen-bond acceptors (Lipinski definition) is 7. The van der Waals surface area contributed by atoms with E-state index in [0.717, 1.165) is 28.1 Å². The van der Waals surface area contributed by atoms with Gasteiger partial charge in [0.2, 0.25) is 5.60 Å².